The molecule has 2 heterocycles. The van der Waals surface area contributed by atoms with Crippen molar-refractivity contribution in [2.24, 2.45) is 5.16 Å². The van der Waals surface area contributed by atoms with Crippen molar-refractivity contribution in [2.45, 2.75) is 37.8 Å². The number of hydrogen-bond donors (Lipinski definition) is 2. The molecule has 0 unspecified atom stereocenters. The molecular formula is C10H17N3O2. The third kappa shape index (κ3) is 2.28. The molecule has 2 fully saturated rings. The standard InChI is InChI=1S/C10H17N3O2/c14-10(7-12-15)11-5-6-13-8-1-2-9(13)4-3-8/h7-9,15H,1-6H2,(H,11,14). The second-order valence-electron chi connectivity index (χ2n) is 4.24. The average Bonchev–Trinajstić information content (AvgIpc) is 2.78. The Labute approximate surface area is 89.1 Å². The summed E-state index contributed by atoms with van der Waals surface area (Å²) in [5.41, 5.74) is 0. The smallest absolute Gasteiger partial charge is 0.265 e. The van der Waals surface area contributed by atoms with Crippen molar-refractivity contribution in [1.29, 1.82) is 0 Å². The van der Waals surface area contributed by atoms with Gasteiger partial charge in [0, 0.05) is 25.2 Å². The molecule has 0 aliphatic carbocycles. The van der Waals surface area contributed by atoms with Crippen molar-refractivity contribution in [2.75, 3.05) is 13.1 Å². The van der Waals surface area contributed by atoms with Crippen LogP contribution in [0.25, 0.3) is 0 Å². The predicted octanol–water partition coefficient (Wildman–Crippen LogP) is 0.189. The van der Waals surface area contributed by atoms with E-state index in [2.05, 4.69) is 15.4 Å². The van der Waals surface area contributed by atoms with E-state index in [1.807, 2.05) is 0 Å². The lowest BCUT2D eigenvalue weighted by atomic mass is 10.0. The van der Waals surface area contributed by atoms with Gasteiger partial charge in [-0.3, -0.25) is 9.69 Å². The molecule has 2 N–H and O–H groups in total. The fourth-order valence-corrected chi connectivity index (χ4v) is 2.79. The highest BCUT2D eigenvalue weighted by Crippen LogP contribution is 2.36. The van der Waals surface area contributed by atoms with Gasteiger partial charge in [0.05, 0.1) is 0 Å². The molecule has 2 aliphatic heterocycles. The number of nitrogens with zero attached hydrogens (tertiary/aromatic N) is 2. The Morgan fingerprint density at radius 2 is 2.00 bits per heavy atom. The summed E-state index contributed by atoms with van der Waals surface area (Å²) in [6, 6.07) is 1.50. The van der Waals surface area contributed by atoms with Crippen molar-refractivity contribution in [3.05, 3.63) is 0 Å². The Balaban J connectivity index is 1.68. The van der Waals surface area contributed by atoms with E-state index in [9.17, 15) is 4.79 Å². The lowest BCUT2D eigenvalue weighted by Crippen LogP contribution is -2.37. The van der Waals surface area contributed by atoms with E-state index in [4.69, 9.17) is 5.21 Å². The van der Waals surface area contributed by atoms with E-state index in [0.29, 0.717) is 6.54 Å². The fraction of sp³-hybridized carbons (Fsp3) is 0.800. The SMILES string of the molecule is O=C(C=NO)NCCN1C2CCC1CC2. The monoisotopic (exact) mass is 211 g/mol. The van der Waals surface area contributed by atoms with Gasteiger partial charge in [0.25, 0.3) is 5.91 Å². The molecular weight excluding hydrogens is 194 g/mol. The Morgan fingerprint density at radius 3 is 2.53 bits per heavy atom. The first-order valence-electron chi connectivity index (χ1n) is 5.52. The summed E-state index contributed by atoms with van der Waals surface area (Å²) < 4.78 is 0. The summed E-state index contributed by atoms with van der Waals surface area (Å²) in [5.74, 6) is -0.330. The van der Waals surface area contributed by atoms with Crippen LogP contribution in [0.2, 0.25) is 0 Å². The van der Waals surface area contributed by atoms with Crippen molar-refractivity contribution in [3.8, 4) is 0 Å². The van der Waals surface area contributed by atoms with E-state index in [0.717, 1.165) is 24.8 Å². The van der Waals surface area contributed by atoms with Crippen molar-refractivity contribution in [3.63, 3.8) is 0 Å². The van der Waals surface area contributed by atoms with Gasteiger partial charge < -0.3 is 10.5 Å². The summed E-state index contributed by atoms with van der Waals surface area (Å²) in [6.45, 7) is 1.55. The summed E-state index contributed by atoms with van der Waals surface area (Å²) in [7, 11) is 0. The average molecular weight is 211 g/mol. The number of rotatable bonds is 4. The van der Waals surface area contributed by atoms with Gasteiger partial charge in [-0.2, -0.15) is 0 Å². The Bertz CT molecular complexity index is 247. The topological polar surface area (TPSA) is 64.9 Å². The first-order valence-corrected chi connectivity index (χ1v) is 5.52. The lowest BCUT2D eigenvalue weighted by Gasteiger charge is -2.21. The molecule has 0 saturated carbocycles. The quantitative estimate of drug-likeness (QED) is 0.396. The largest absolute Gasteiger partial charge is 0.411 e. The van der Waals surface area contributed by atoms with Gasteiger partial charge in [-0.15, -0.1) is 0 Å². The van der Waals surface area contributed by atoms with Crippen LogP contribution in [0.3, 0.4) is 0 Å². The molecule has 1 amide bonds. The van der Waals surface area contributed by atoms with E-state index in [-0.39, 0.29) is 5.91 Å². The third-order valence-corrected chi connectivity index (χ3v) is 3.45. The van der Waals surface area contributed by atoms with Crippen LogP contribution in [0.15, 0.2) is 5.16 Å². The maximum atomic E-state index is 11.0. The van der Waals surface area contributed by atoms with Crippen LogP contribution in [0, 0.1) is 0 Å². The van der Waals surface area contributed by atoms with E-state index < -0.39 is 0 Å². The minimum atomic E-state index is -0.330. The molecule has 2 saturated heterocycles. The number of nitrogens with one attached hydrogen (secondary N) is 1. The highest BCUT2D eigenvalue weighted by atomic mass is 16.4. The van der Waals surface area contributed by atoms with Crippen LogP contribution in [0.5, 0.6) is 0 Å². The molecule has 84 valence electrons. The van der Waals surface area contributed by atoms with Gasteiger partial charge in [0.15, 0.2) is 0 Å². The highest BCUT2D eigenvalue weighted by Gasteiger charge is 2.38. The zero-order valence-corrected chi connectivity index (χ0v) is 8.72. The number of oxime groups is 1. The summed E-state index contributed by atoms with van der Waals surface area (Å²) >= 11 is 0. The van der Waals surface area contributed by atoms with Gasteiger partial charge in [-0.25, -0.2) is 0 Å². The molecule has 2 aliphatic rings. The Morgan fingerprint density at radius 1 is 1.40 bits per heavy atom. The van der Waals surface area contributed by atoms with Crippen LogP contribution < -0.4 is 5.32 Å². The number of carbonyl (C=O) groups is 1. The molecule has 0 aromatic rings. The maximum absolute atomic E-state index is 11.0. The van der Waals surface area contributed by atoms with Crippen LogP contribution in [-0.2, 0) is 4.79 Å². The Kier molecular flexibility index (Phi) is 3.20. The lowest BCUT2D eigenvalue weighted by molar-refractivity contribution is -0.114. The molecule has 15 heavy (non-hydrogen) atoms. The molecule has 2 bridgehead atoms. The van der Waals surface area contributed by atoms with E-state index in [1.54, 1.807) is 0 Å². The van der Waals surface area contributed by atoms with Crippen LogP contribution in [-0.4, -0.2) is 47.4 Å². The van der Waals surface area contributed by atoms with Crippen molar-refractivity contribution < 1.29 is 10.0 Å². The molecule has 0 radical (unpaired) electrons. The minimum absolute atomic E-state index is 0.330. The van der Waals surface area contributed by atoms with Gasteiger partial charge >= 0.3 is 0 Å². The van der Waals surface area contributed by atoms with Gasteiger partial charge in [0.2, 0.25) is 0 Å². The summed E-state index contributed by atoms with van der Waals surface area (Å²) in [6.07, 6.45) is 6.15. The highest BCUT2D eigenvalue weighted by molar-refractivity contribution is 6.25. The van der Waals surface area contributed by atoms with Gasteiger partial charge in [-0.05, 0) is 25.7 Å². The number of carbonyl (C=O) groups excluding carboxylic acids is 1. The fourth-order valence-electron chi connectivity index (χ4n) is 2.79. The summed E-state index contributed by atoms with van der Waals surface area (Å²) in [5, 5.41) is 13.5. The third-order valence-electron chi connectivity index (χ3n) is 3.45. The molecule has 0 aromatic carbocycles. The normalized spacial score (nSPS) is 30.1. The van der Waals surface area contributed by atoms with E-state index in [1.165, 1.54) is 25.7 Å². The second kappa shape index (κ2) is 4.61. The Hall–Kier alpha value is -1.10. The minimum Gasteiger partial charge on any atom is -0.411 e. The van der Waals surface area contributed by atoms with Crippen LogP contribution >= 0.6 is 0 Å². The van der Waals surface area contributed by atoms with Crippen LogP contribution in [0.4, 0.5) is 0 Å². The number of hydrogen-bond acceptors (Lipinski definition) is 4. The predicted molar refractivity (Wildman–Crippen MR) is 56.0 cm³/mol. The second-order valence-corrected chi connectivity index (χ2v) is 4.24. The van der Waals surface area contributed by atoms with Crippen LogP contribution in [0.1, 0.15) is 25.7 Å². The molecule has 2 rings (SSSR count). The molecule has 0 spiro atoms. The zero-order chi connectivity index (χ0) is 10.7. The van der Waals surface area contributed by atoms with Crippen molar-refractivity contribution in [1.82, 2.24) is 10.2 Å². The van der Waals surface area contributed by atoms with E-state index >= 15 is 0 Å². The molecule has 5 heteroatoms. The van der Waals surface area contributed by atoms with Crippen molar-refractivity contribution >= 4 is 12.1 Å². The number of fused-ring (bicyclic) bond motifs is 2. The zero-order valence-electron chi connectivity index (χ0n) is 8.72. The maximum Gasteiger partial charge on any atom is 0.265 e. The van der Waals surface area contributed by atoms with Gasteiger partial charge in [0.1, 0.15) is 6.21 Å². The molecule has 0 aromatic heterocycles. The first-order chi connectivity index (χ1) is 7.31. The molecule has 0 atom stereocenters. The first kappa shape index (κ1) is 10.4. The number of amides is 1. The van der Waals surface area contributed by atoms with Gasteiger partial charge in [-0.1, -0.05) is 5.16 Å². The summed E-state index contributed by atoms with van der Waals surface area (Å²) in [4.78, 5) is 13.5. The molecule has 5 nitrogen and oxygen atoms in total.